The Kier molecular flexibility index (Phi) is 2.40. The molecule has 1 nitrogen and oxygen atoms in total. The Morgan fingerprint density at radius 1 is 1.70 bits per heavy atom. The summed E-state index contributed by atoms with van der Waals surface area (Å²) in [4.78, 5) is 3.65. The molecule has 0 aromatic heterocycles. The van der Waals surface area contributed by atoms with E-state index in [2.05, 4.69) is 4.99 Å². The van der Waals surface area contributed by atoms with Crippen molar-refractivity contribution in [2.75, 3.05) is 0 Å². The summed E-state index contributed by atoms with van der Waals surface area (Å²) >= 11 is 1.92. The first-order chi connectivity index (χ1) is 4.50. The van der Waals surface area contributed by atoms with E-state index in [1.54, 1.807) is 6.08 Å². The van der Waals surface area contributed by atoms with Crippen LogP contribution in [0.4, 0.5) is 8.78 Å². The molecule has 5 heteroatoms. The van der Waals surface area contributed by atoms with Gasteiger partial charge in [-0.15, -0.1) is 0 Å². The molecule has 0 aliphatic carbocycles. The summed E-state index contributed by atoms with van der Waals surface area (Å²) in [5.74, 6) is 0. The number of hydrogen-bond acceptors (Lipinski definition) is 1. The van der Waals surface area contributed by atoms with E-state index in [0.29, 0.717) is 3.70 Å². The van der Waals surface area contributed by atoms with Gasteiger partial charge in [-0.05, 0) is 28.7 Å². The summed E-state index contributed by atoms with van der Waals surface area (Å²) in [7, 11) is 1.48. The third-order valence-electron chi connectivity index (χ3n) is 1.09. The van der Waals surface area contributed by atoms with Crippen molar-refractivity contribution < 1.29 is 8.78 Å². The van der Waals surface area contributed by atoms with E-state index >= 15 is 0 Å². The van der Waals surface area contributed by atoms with Crippen molar-refractivity contribution >= 4 is 37.5 Å². The molecule has 0 bridgehead atoms. The Morgan fingerprint density at radius 3 is 2.50 bits per heavy atom. The highest BCUT2D eigenvalue weighted by molar-refractivity contribution is 14.1. The number of alkyl halides is 2. The van der Waals surface area contributed by atoms with Crippen molar-refractivity contribution in [1.82, 2.24) is 0 Å². The van der Waals surface area contributed by atoms with Gasteiger partial charge < -0.3 is 0 Å². The summed E-state index contributed by atoms with van der Waals surface area (Å²) in [5.41, 5.74) is -2.90. The second-order valence-corrected chi connectivity index (χ2v) is 3.74. The minimum Gasteiger partial charge on any atom is -0.245 e. The lowest BCUT2D eigenvalue weighted by atomic mass is 10.3. The van der Waals surface area contributed by atoms with Crippen LogP contribution in [0.15, 0.2) is 14.8 Å². The zero-order valence-corrected chi connectivity index (χ0v) is 8.26. The number of aliphatic imine (C=N–C) groups is 1. The fourth-order valence-electron chi connectivity index (χ4n) is 0.612. The maximum atomic E-state index is 12.4. The van der Waals surface area contributed by atoms with Crippen molar-refractivity contribution in [2.24, 2.45) is 4.99 Å². The van der Waals surface area contributed by atoms with Crippen molar-refractivity contribution in [2.45, 2.75) is 12.1 Å². The van der Waals surface area contributed by atoms with Crippen LogP contribution in [-0.2, 0) is 0 Å². The van der Waals surface area contributed by atoms with Crippen LogP contribution in [-0.4, -0.2) is 11.4 Å². The first-order valence-electron chi connectivity index (χ1n) is 2.60. The maximum Gasteiger partial charge on any atom is 0.296 e. The third kappa shape index (κ3) is 1.95. The monoisotopic (exact) mass is 275 g/mol. The van der Waals surface area contributed by atoms with Gasteiger partial charge in [0.2, 0.25) is 0 Å². The molecule has 0 amide bonds. The van der Waals surface area contributed by atoms with E-state index in [1.165, 1.54) is 9.24 Å². The third-order valence-corrected chi connectivity index (χ3v) is 2.11. The number of allylic oxidation sites excluding steroid dienone is 1. The van der Waals surface area contributed by atoms with Gasteiger partial charge in [-0.2, -0.15) is 8.78 Å². The molecule has 0 fully saturated rings. The Balaban J connectivity index is 2.73. The lowest BCUT2D eigenvalue weighted by Crippen LogP contribution is -2.18. The fourth-order valence-corrected chi connectivity index (χ4v) is 1.31. The Labute approximate surface area is 73.3 Å². The van der Waals surface area contributed by atoms with E-state index in [1.807, 2.05) is 22.6 Å². The molecular weight excluding hydrogens is 270 g/mol. The first-order valence-corrected chi connectivity index (χ1v) is 4.26. The zero-order chi connectivity index (χ0) is 7.78. The minimum atomic E-state index is -2.83. The normalized spacial score (nSPS) is 18.8. The first kappa shape index (κ1) is 8.53. The molecule has 1 unspecified atom stereocenters. The Hall–Kier alpha value is 0.430. The minimum absolute atomic E-state index is 0.0677. The molecule has 56 valence electrons. The predicted molar refractivity (Wildman–Crippen MR) is 48.8 cm³/mol. The lowest BCUT2D eigenvalue weighted by molar-refractivity contribution is 0.182. The molecule has 0 saturated carbocycles. The lowest BCUT2D eigenvalue weighted by Gasteiger charge is -2.07. The second-order valence-electron chi connectivity index (χ2n) is 1.91. The molecule has 1 atom stereocenters. The highest BCUT2D eigenvalue weighted by atomic mass is 127. The summed E-state index contributed by atoms with van der Waals surface area (Å²) in [5, 5.41) is 0. The molecule has 0 N–H and O–H groups in total. The zero-order valence-electron chi connectivity index (χ0n) is 4.94. The molecule has 0 radical (unpaired) electrons. The fraction of sp³-hybridized carbons (Fsp3) is 0.400. The van der Waals surface area contributed by atoms with Gasteiger partial charge in [-0.25, -0.2) is 4.99 Å². The molecule has 0 saturated heterocycles. The molecule has 0 aromatic carbocycles. The van der Waals surface area contributed by atoms with Crippen LogP contribution >= 0.6 is 31.8 Å². The summed E-state index contributed by atoms with van der Waals surface area (Å²) in [6, 6.07) is 0. The van der Waals surface area contributed by atoms with Crippen molar-refractivity contribution in [1.29, 1.82) is 0 Å². The van der Waals surface area contributed by atoms with Gasteiger partial charge in [0.1, 0.15) is 0 Å². The van der Waals surface area contributed by atoms with Gasteiger partial charge in [-0.3, -0.25) is 0 Å². The average Bonchev–Trinajstić information content (AvgIpc) is 2.11. The average molecular weight is 275 g/mol. The quantitative estimate of drug-likeness (QED) is 0.396. The Bertz CT molecular complexity index is 206. The molecular formula is C5H5F2INP. The van der Waals surface area contributed by atoms with E-state index in [4.69, 9.17) is 0 Å². The number of nitrogens with zero attached hydrogens (tertiary/aromatic N) is 1. The van der Waals surface area contributed by atoms with Gasteiger partial charge in [0, 0.05) is 6.42 Å². The van der Waals surface area contributed by atoms with E-state index in [9.17, 15) is 8.78 Å². The molecule has 0 spiro atoms. The van der Waals surface area contributed by atoms with Gasteiger partial charge >= 0.3 is 0 Å². The van der Waals surface area contributed by atoms with Crippen LogP contribution in [0.5, 0.6) is 0 Å². The highest BCUT2D eigenvalue weighted by Crippen LogP contribution is 2.31. The SMILES string of the molecule is FC(F)(P)C1=NC(I)=CC1. The molecule has 1 heterocycles. The topological polar surface area (TPSA) is 12.4 Å². The Morgan fingerprint density at radius 2 is 2.30 bits per heavy atom. The second kappa shape index (κ2) is 2.81. The van der Waals surface area contributed by atoms with Crippen molar-refractivity contribution in [3.63, 3.8) is 0 Å². The van der Waals surface area contributed by atoms with E-state index in [0.717, 1.165) is 0 Å². The van der Waals surface area contributed by atoms with E-state index in [-0.39, 0.29) is 12.1 Å². The number of rotatable bonds is 1. The van der Waals surface area contributed by atoms with Crippen LogP contribution < -0.4 is 0 Å². The van der Waals surface area contributed by atoms with Crippen LogP contribution in [0.3, 0.4) is 0 Å². The van der Waals surface area contributed by atoms with E-state index < -0.39 is 5.66 Å². The molecule has 0 aromatic rings. The summed E-state index contributed by atoms with van der Waals surface area (Å²) in [6.45, 7) is 0. The van der Waals surface area contributed by atoms with Crippen molar-refractivity contribution in [3.8, 4) is 0 Å². The smallest absolute Gasteiger partial charge is 0.245 e. The molecule has 1 aliphatic heterocycles. The summed E-state index contributed by atoms with van der Waals surface area (Å²) in [6.07, 6.45) is 1.95. The standard InChI is InChI=1S/C5H5F2INP/c6-5(7,10)3-1-2-4(8)9-3/h2H,1,10H2. The maximum absolute atomic E-state index is 12.4. The molecule has 10 heavy (non-hydrogen) atoms. The number of halogens is 3. The largest absolute Gasteiger partial charge is 0.296 e. The summed E-state index contributed by atoms with van der Waals surface area (Å²) < 4.78 is 25.4. The van der Waals surface area contributed by atoms with Crippen LogP contribution in [0.2, 0.25) is 0 Å². The van der Waals surface area contributed by atoms with Crippen LogP contribution in [0.1, 0.15) is 6.42 Å². The molecule has 1 aliphatic rings. The molecule has 1 rings (SSSR count). The number of hydrogen-bond donors (Lipinski definition) is 0. The van der Waals surface area contributed by atoms with Crippen LogP contribution in [0.25, 0.3) is 0 Å². The highest BCUT2D eigenvalue weighted by Gasteiger charge is 2.30. The van der Waals surface area contributed by atoms with Gasteiger partial charge in [-0.1, -0.05) is 9.24 Å². The van der Waals surface area contributed by atoms with Gasteiger partial charge in [0.05, 0.1) is 9.42 Å². The van der Waals surface area contributed by atoms with Gasteiger partial charge in [0.15, 0.2) is 0 Å². The van der Waals surface area contributed by atoms with Gasteiger partial charge in [0.25, 0.3) is 5.66 Å². The van der Waals surface area contributed by atoms with Crippen molar-refractivity contribution in [3.05, 3.63) is 9.78 Å². The predicted octanol–water partition coefficient (Wildman–Crippen LogP) is 2.58. The van der Waals surface area contributed by atoms with Crippen LogP contribution in [0, 0.1) is 0 Å².